The minimum absolute atomic E-state index is 0. The van der Waals surface area contributed by atoms with Gasteiger partial charge in [-0.25, -0.2) is 0 Å². The molecule has 0 radical (unpaired) electrons. The van der Waals surface area contributed by atoms with Crippen LogP contribution >= 0.6 is 24.2 Å². The molecule has 0 saturated carbocycles. The monoisotopic (exact) mass is 385 g/mol. The molecule has 26 heavy (non-hydrogen) atoms. The molecular formula is C23H28ClNS. The fourth-order valence-electron chi connectivity index (χ4n) is 3.58. The van der Waals surface area contributed by atoms with Crippen molar-refractivity contribution in [1.82, 2.24) is 4.90 Å². The summed E-state index contributed by atoms with van der Waals surface area (Å²) < 4.78 is 0. The molecule has 1 atom stereocenters. The number of aryl methyl sites for hydroxylation is 2. The third-order valence-corrected chi connectivity index (χ3v) is 6.02. The average Bonchev–Trinajstić information content (AvgIpc) is 2.63. The molecule has 1 aliphatic carbocycles. The zero-order chi connectivity index (χ0) is 17.6. The van der Waals surface area contributed by atoms with Crippen LogP contribution < -0.4 is 0 Å². The first-order valence-electron chi connectivity index (χ1n) is 9.02. The SMILES string of the molecule is C=CCN(CC=C)C1CCc2cccc(Sc3ccc(C)cc3)c2C1.Cl. The smallest absolute Gasteiger partial charge is 0.0166 e. The van der Waals surface area contributed by atoms with Crippen LogP contribution in [0.25, 0.3) is 0 Å². The number of fused-ring (bicyclic) bond motifs is 1. The van der Waals surface area contributed by atoms with E-state index >= 15 is 0 Å². The van der Waals surface area contributed by atoms with Gasteiger partial charge in [0, 0.05) is 28.9 Å². The van der Waals surface area contributed by atoms with E-state index < -0.39 is 0 Å². The first kappa shape index (κ1) is 20.8. The van der Waals surface area contributed by atoms with Crippen molar-refractivity contribution in [3.63, 3.8) is 0 Å². The van der Waals surface area contributed by atoms with E-state index in [1.54, 1.807) is 0 Å². The molecule has 2 aromatic rings. The molecular weight excluding hydrogens is 358 g/mol. The Labute approximate surface area is 168 Å². The third kappa shape index (κ3) is 5.03. The molecule has 0 heterocycles. The Morgan fingerprint density at radius 1 is 1.08 bits per heavy atom. The third-order valence-electron chi connectivity index (χ3n) is 4.91. The molecule has 0 amide bonds. The predicted octanol–water partition coefficient (Wildman–Crippen LogP) is 6.10. The molecule has 0 aromatic heterocycles. The summed E-state index contributed by atoms with van der Waals surface area (Å²) >= 11 is 1.89. The predicted molar refractivity (Wildman–Crippen MR) is 117 cm³/mol. The molecule has 1 unspecified atom stereocenters. The van der Waals surface area contributed by atoms with E-state index in [4.69, 9.17) is 0 Å². The van der Waals surface area contributed by atoms with Crippen molar-refractivity contribution in [2.24, 2.45) is 0 Å². The van der Waals surface area contributed by atoms with Crippen LogP contribution in [-0.4, -0.2) is 24.0 Å². The quantitative estimate of drug-likeness (QED) is 0.530. The van der Waals surface area contributed by atoms with Crippen molar-refractivity contribution in [3.8, 4) is 0 Å². The first-order valence-corrected chi connectivity index (χ1v) is 9.84. The molecule has 138 valence electrons. The van der Waals surface area contributed by atoms with Crippen LogP contribution in [-0.2, 0) is 12.8 Å². The summed E-state index contributed by atoms with van der Waals surface area (Å²) in [4.78, 5) is 5.22. The van der Waals surface area contributed by atoms with E-state index in [0.29, 0.717) is 6.04 Å². The summed E-state index contributed by atoms with van der Waals surface area (Å²) in [6.45, 7) is 11.8. The van der Waals surface area contributed by atoms with Crippen LogP contribution in [0.2, 0.25) is 0 Å². The first-order chi connectivity index (χ1) is 12.2. The van der Waals surface area contributed by atoms with Crippen LogP contribution in [0.4, 0.5) is 0 Å². The number of rotatable bonds is 7. The Balaban J connectivity index is 0.00000243. The minimum Gasteiger partial charge on any atom is -0.293 e. The normalized spacial score (nSPS) is 15.8. The van der Waals surface area contributed by atoms with Gasteiger partial charge in [-0.3, -0.25) is 4.90 Å². The van der Waals surface area contributed by atoms with Crippen molar-refractivity contribution in [2.75, 3.05) is 13.1 Å². The second kappa shape index (κ2) is 10.0. The summed E-state index contributed by atoms with van der Waals surface area (Å²) in [5.74, 6) is 0. The highest BCUT2D eigenvalue weighted by molar-refractivity contribution is 7.99. The Hall–Kier alpha value is -1.48. The molecule has 0 spiro atoms. The van der Waals surface area contributed by atoms with Gasteiger partial charge in [-0.2, -0.15) is 0 Å². The van der Waals surface area contributed by atoms with Crippen LogP contribution in [0, 0.1) is 6.92 Å². The van der Waals surface area contributed by atoms with Gasteiger partial charge in [-0.15, -0.1) is 25.6 Å². The maximum atomic E-state index is 3.92. The second-order valence-corrected chi connectivity index (χ2v) is 7.85. The van der Waals surface area contributed by atoms with Gasteiger partial charge < -0.3 is 0 Å². The molecule has 0 bridgehead atoms. The van der Waals surface area contributed by atoms with Crippen molar-refractivity contribution in [1.29, 1.82) is 0 Å². The Kier molecular flexibility index (Phi) is 8.02. The highest BCUT2D eigenvalue weighted by atomic mass is 35.5. The van der Waals surface area contributed by atoms with Crippen molar-refractivity contribution >= 4 is 24.2 Å². The van der Waals surface area contributed by atoms with Gasteiger partial charge in [-0.05, 0) is 55.5 Å². The lowest BCUT2D eigenvalue weighted by Crippen LogP contribution is -2.39. The van der Waals surface area contributed by atoms with Gasteiger partial charge >= 0.3 is 0 Å². The Morgan fingerprint density at radius 3 is 2.42 bits per heavy atom. The van der Waals surface area contributed by atoms with E-state index in [1.165, 1.54) is 32.9 Å². The van der Waals surface area contributed by atoms with Crippen molar-refractivity contribution in [3.05, 3.63) is 84.5 Å². The highest BCUT2D eigenvalue weighted by Crippen LogP contribution is 2.36. The molecule has 0 aliphatic heterocycles. The molecule has 2 aromatic carbocycles. The second-order valence-electron chi connectivity index (χ2n) is 6.74. The van der Waals surface area contributed by atoms with Crippen molar-refractivity contribution < 1.29 is 0 Å². The molecule has 0 saturated heterocycles. The summed E-state index contributed by atoms with van der Waals surface area (Å²) in [7, 11) is 0. The fraction of sp³-hybridized carbons (Fsp3) is 0.304. The fourth-order valence-corrected chi connectivity index (χ4v) is 4.59. The maximum Gasteiger partial charge on any atom is 0.0166 e. The zero-order valence-corrected chi connectivity index (χ0v) is 17.1. The molecule has 3 heteroatoms. The zero-order valence-electron chi connectivity index (χ0n) is 15.5. The highest BCUT2D eigenvalue weighted by Gasteiger charge is 2.25. The van der Waals surface area contributed by atoms with E-state index in [0.717, 1.165) is 25.9 Å². The summed E-state index contributed by atoms with van der Waals surface area (Å²) in [6.07, 6.45) is 7.50. The summed E-state index contributed by atoms with van der Waals surface area (Å²) in [5.41, 5.74) is 4.36. The molecule has 0 fully saturated rings. The summed E-state index contributed by atoms with van der Waals surface area (Å²) in [6, 6.07) is 16.2. The number of hydrogen-bond acceptors (Lipinski definition) is 2. The standard InChI is InChI=1S/C23H27NS.ClH/c1-4-15-24(16-5-2)20-12-11-19-7-6-8-23(22(19)17-20)25-21-13-9-18(3)10-14-21;/h4-10,13-14,20H,1-2,11-12,15-17H2,3H3;1H. The average molecular weight is 386 g/mol. The number of halogens is 1. The van der Waals surface area contributed by atoms with E-state index in [9.17, 15) is 0 Å². The molecule has 3 rings (SSSR count). The topological polar surface area (TPSA) is 3.24 Å². The lowest BCUT2D eigenvalue weighted by atomic mass is 9.87. The van der Waals surface area contributed by atoms with Gasteiger partial charge in [0.15, 0.2) is 0 Å². The maximum absolute atomic E-state index is 3.92. The number of hydrogen-bond donors (Lipinski definition) is 0. The van der Waals surface area contributed by atoms with Gasteiger partial charge in [0.05, 0.1) is 0 Å². The number of nitrogens with zero attached hydrogens (tertiary/aromatic N) is 1. The van der Waals surface area contributed by atoms with Crippen LogP contribution in [0.1, 0.15) is 23.1 Å². The molecule has 0 N–H and O–H groups in total. The van der Waals surface area contributed by atoms with Crippen LogP contribution in [0.15, 0.2) is 77.6 Å². The largest absolute Gasteiger partial charge is 0.293 e. The molecule has 1 aliphatic rings. The minimum atomic E-state index is 0. The Bertz CT molecular complexity index is 728. The number of benzene rings is 2. The van der Waals surface area contributed by atoms with Crippen LogP contribution in [0.3, 0.4) is 0 Å². The molecule has 1 nitrogen and oxygen atoms in total. The Morgan fingerprint density at radius 2 is 1.77 bits per heavy atom. The van der Waals surface area contributed by atoms with Gasteiger partial charge in [-0.1, -0.05) is 53.7 Å². The van der Waals surface area contributed by atoms with Gasteiger partial charge in [0.2, 0.25) is 0 Å². The van der Waals surface area contributed by atoms with E-state index in [2.05, 4.69) is 67.4 Å². The lowest BCUT2D eigenvalue weighted by Gasteiger charge is -2.34. The summed E-state index contributed by atoms with van der Waals surface area (Å²) in [5, 5.41) is 0. The van der Waals surface area contributed by atoms with E-state index in [-0.39, 0.29) is 12.4 Å². The van der Waals surface area contributed by atoms with Crippen molar-refractivity contribution in [2.45, 2.75) is 42.0 Å². The van der Waals surface area contributed by atoms with E-state index in [1.807, 2.05) is 23.9 Å². The van der Waals surface area contributed by atoms with Crippen LogP contribution in [0.5, 0.6) is 0 Å². The van der Waals surface area contributed by atoms with Gasteiger partial charge in [0.1, 0.15) is 0 Å². The van der Waals surface area contributed by atoms with Gasteiger partial charge in [0.25, 0.3) is 0 Å². The lowest BCUT2D eigenvalue weighted by molar-refractivity contribution is 0.219.